The van der Waals surface area contributed by atoms with Crippen molar-refractivity contribution in [3.63, 3.8) is 0 Å². The van der Waals surface area contributed by atoms with Crippen LogP contribution in [0.1, 0.15) is 17.3 Å². The second kappa shape index (κ2) is 6.99. The zero-order valence-corrected chi connectivity index (χ0v) is 16.1. The Bertz CT molecular complexity index is 1070. The van der Waals surface area contributed by atoms with Gasteiger partial charge in [-0.1, -0.05) is 17.3 Å². The first-order valence-electron chi connectivity index (χ1n) is 8.80. The molecule has 0 saturated carbocycles. The molecule has 8 nitrogen and oxygen atoms in total. The van der Waals surface area contributed by atoms with Crippen molar-refractivity contribution in [1.29, 1.82) is 0 Å². The quantitative estimate of drug-likeness (QED) is 0.673. The molecule has 1 fully saturated rings. The molecule has 27 heavy (non-hydrogen) atoms. The van der Waals surface area contributed by atoms with Crippen LogP contribution in [-0.4, -0.2) is 58.9 Å². The maximum atomic E-state index is 13.2. The van der Waals surface area contributed by atoms with Crippen molar-refractivity contribution in [1.82, 2.24) is 24.3 Å². The van der Waals surface area contributed by atoms with E-state index >= 15 is 0 Å². The number of pyridine rings is 1. The van der Waals surface area contributed by atoms with Crippen LogP contribution < -0.4 is 0 Å². The maximum Gasteiger partial charge on any atom is 0.245 e. The molecule has 9 heteroatoms. The lowest BCUT2D eigenvalue weighted by molar-refractivity contribution is 0.163. The summed E-state index contributed by atoms with van der Waals surface area (Å²) in [7, 11) is -3.60. The molecule has 1 saturated heterocycles. The lowest BCUT2D eigenvalue weighted by atomic mass is 10.2. The number of benzene rings is 1. The first kappa shape index (κ1) is 18.0. The number of para-hydroxylation sites is 1. The van der Waals surface area contributed by atoms with Crippen LogP contribution in [0.3, 0.4) is 0 Å². The molecule has 0 aliphatic carbocycles. The summed E-state index contributed by atoms with van der Waals surface area (Å²) in [5, 5.41) is 4.62. The molecule has 4 rings (SSSR count). The number of hydrogen-bond acceptors (Lipinski definition) is 7. The van der Waals surface area contributed by atoms with E-state index in [-0.39, 0.29) is 4.90 Å². The molecule has 3 aromatic rings. The maximum absolute atomic E-state index is 13.2. The van der Waals surface area contributed by atoms with Gasteiger partial charge in [0, 0.05) is 37.8 Å². The number of piperazine rings is 1. The molecule has 0 bridgehead atoms. The van der Waals surface area contributed by atoms with Gasteiger partial charge in [0.15, 0.2) is 5.82 Å². The van der Waals surface area contributed by atoms with E-state index in [0.717, 1.165) is 10.9 Å². The Hall–Kier alpha value is -2.36. The number of nitrogens with zero attached hydrogens (tertiary/aromatic N) is 5. The van der Waals surface area contributed by atoms with E-state index in [0.29, 0.717) is 50.0 Å². The third-order valence-electron chi connectivity index (χ3n) is 4.69. The van der Waals surface area contributed by atoms with Crippen molar-refractivity contribution in [3.8, 4) is 0 Å². The van der Waals surface area contributed by atoms with Gasteiger partial charge in [-0.3, -0.25) is 9.88 Å². The summed E-state index contributed by atoms with van der Waals surface area (Å²) in [6.45, 7) is 6.30. The standard InChI is InChI=1S/C18H21N5O3S/c1-13-10-15-4-3-5-16(18(15)19-11-13)27(24,25)23-8-6-22(7-9-23)12-17-20-14(2)21-26-17/h3-5,10-11H,6-9,12H2,1-2H3. The average molecular weight is 387 g/mol. The van der Waals surface area contributed by atoms with Gasteiger partial charge in [-0.05, 0) is 31.5 Å². The van der Waals surface area contributed by atoms with E-state index in [1.165, 1.54) is 4.31 Å². The van der Waals surface area contributed by atoms with Gasteiger partial charge in [0.1, 0.15) is 4.90 Å². The molecule has 3 heterocycles. The molecule has 2 aromatic heterocycles. The Morgan fingerprint density at radius 3 is 2.63 bits per heavy atom. The molecule has 0 N–H and O–H groups in total. The number of rotatable bonds is 4. The van der Waals surface area contributed by atoms with Crippen LogP contribution in [0.25, 0.3) is 10.9 Å². The first-order valence-corrected chi connectivity index (χ1v) is 10.2. The second-order valence-corrected chi connectivity index (χ2v) is 8.66. The van der Waals surface area contributed by atoms with Gasteiger partial charge in [-0.25, -0.2) is 8.42 Å². The number of aryl methyl sites for hydroxylation is 2. The van der Waals surface area contributed by atoms with Gasteiger partial charge in [-0.2, -0.15) is 9.29 Å². The summed E-state index contributed by atoms with van der Waals surface area (Å²) in [5.74, 6) is 1.15. The lowest BCUT2D eigenvalue weighted by Crippen LogP contribution is -2.48. The first-order chi connectivity index (χ1) is 12.9. The van der Waals surface area contributed by atoms with Gasteiger partial charge < -0.3 is 4.52 Å². The Balaban J connectivity index is 1.52. The van der Waals surface area contributed by atoms with E-state index in [9.17, 15) is 8.42 Å². The van der Waals surface area contributed by atoms with Gasteiger partial charge in [0.2, 0.25) is 15.9 Å². The Labute approximate surface area is 157 Å². The SMILES string of the molecule is Cc1cnc2c(S(=O)(=O)N3CCN(Cc4nc(C)no4)CC3)cccc2c1. The average Bonchev–Trinajstić information content (AvgIpc) is 3.06. The second-order valence-electron chi connectivity index (χ2n) is 6.76. The molecule has 1 aliphatic rings. The van der Waals surface area contributed by atoms with Crippen LogP contribution in [0.2, 0.25) is 0 Å². The fraction of sp³-hybridized carbons (Fsp3) is 0.389. The van der Waals surface area contributed by atoms with Gasteiger partial charge in [0.25, 0.3) is 0 Å². The molecule has 0 atom stereocenters. The zero-order chi connectivity index (χ0) is 19.0. The largest absolute Gasteiger partial charge is 0.338 e. The van der Waals surface area contributed by atoms with Crippen molar-refractivity contribution in [2.24, 2.45) is 0 Å². The summed E-state index contributed by atoms with van der Waals surface area (Å²) in [6, 6.07) is 7.24. The molecule has 0 amide bonds. The molecular weight excluding hydrogens is 366 g/mol. The van der Waals surface area contributed by atoms with Crippen LogP contribution in [0.15, 0.2) is 39.9 Å². The van der Waals surface area contributed by atoms with Gasteiger partial charge in [0.05, 0.1) is 12.1 Å². The molecule has 1 aliphatic heterocycles. The van der Waals surface area contributed by atoms with E-state index in [2.05, 4.69) is 20.0 Å². The highest BCUT2D eigenvalue weighted by Crippen LogP contribution is 2.25. The molecule has 1 aromatic carbocycles. The smallest absolute Gasteiger partial charge is 0.245 e. The Morgan fingerprint density at radius 2 is 1.93 bits per heavy atom. The summed E-state index contributed by atoms with van der Waals surface area (Å²) >= 11 is 0. The summed E-state index contributed by atoms with van der Waals surface area (Å²) in [4.78, 5) is 11.0. The van der Waals surface area contributed by atoms with Crippen LogP contribution in [-0.2, 0) is 16.6 Å². The fourth-order valence-corrected chi connectivity index (χ4v) is 4.90. The zero-order valence-electron chi connectivity index (χ0n) is 15.3. The summed E-state index contributed by atoms with van der Waals surface area (Å²) in [6.07, 6.45) is 1.70. The monoisotopic (exact) mass is 387 g/mol. The summed E-state index contributed by atoms with van der Waals surface area (Å²) in [5.41, 5.74) is 1.52. The van der Waals surface area contributed by atoms with E-state index in [4.69, 9.17) is 4.52 Å². The van der Waals surface area contributed by atoms with Crippen molar-refractivity contribution >= 4 is 20.9 Å². The van der Waals surface area contributed by atoms with Crippen molar-refractivity contribution in [2.75, 3.05) is 26.2 Å². The van der Waals surface area contributed by atoms with Crippen LogP contribution in [0.4, 0.5) is 0 Å². The number of fused-ring (bicyclic) bond motifs is 1. The highest BCUT2D eigenvalue weighted by atomic mass is 32.2. The normalized spacial score (nSPS) is 16.8. The highest BCUT2D eigenvalue weighted by Gasteiger charge is 2.30. The van der Waals surface area contributed by atoms with Gasteiger partial charge >= 0.3 is 0 Å². The predicted octanol–water partition coefficient (Wildman–Crippen LogP) is 1.74. The minimum Gasteiger partial charge on any atom is -0.338 e. The molecular formula is C18H21N5O3S. The van der Waals surface area contributed by atoms with Crippen LogP contribution in [0, 0.1) is 13.8 Å². The Kier molecular flexibility index (Phi) is 4.67. The number of sulfonamides is 1. The lowest BCUT2D eigenvalue weighted by Gasteiger charge is -2.33. The minimum absolute atomic E-state index is 0.265. The third-order valence-corrected chi connectivity index (χ3v) is 6.62. The van der Waals surface area contributed by atoms with E-state index < -0.39 is 10.0 Å². The minimum atomic E-state index is -3.60. The number of aromatic nitrogens is 3. The topological polar surface area (TPSA) is 92.4 Å². The highest BCUT2D eigenvalue weighted by molar-refractivity contribution is 7.89. The van der Waals surface area contributed by atoms with Crippen LogP contribution >= 0.6 is 0 Å². The number of hydrogen-bond donors (Lipinski definition) is 0. The summed E-state index contributed by atoms with van der Waals surface area (Å²) < 4.78 is 33.0. The van der Waals surface area contributed by atoms with Gasteiger partial charge in [-0.15, -0.1) is 0 Å². The predicted molar refractivity (Wildman–Crippen MR) is 99.6 cm³/mol. The third kappa shape index (κ3) is 3.58. The molecule has 0 radical (unpaired) electrons. The molecule has 0 unspecified atom stereocenters. The van der Waals surface area contributed by atoms with Crippen molar-refractivity contribution in [3.05, 3.63) is 47.7 Å². The van der Waals surface area contributed by atoms with Crippen molar-refractivity contribution < 1.29 is 12.9 Å². The Morgan fingerprint density at radius 1 is 1.15 bits per heavy atom. The molecule has 0 spiro atoms. The van der Waals surface area contributed by atoms with E-state index in [1.807, 2.05) is 19.1 Å². The van der Waals surface area contributed by atoms with Crippen molar-refractivity contribution in [2.45, 2.75) is 25.3 Å². The fourth-order valence-electron chi connectivity index (χ4n) is 3.31. The van der Waals surface area contributed by atoms with Crippen LogP contribution in [0.5, 0.6) is 0 Å². The molecule has 142 valence electrons. The van der Waals surface area contributed by atoms with E-state index in [1.54, 1.807) is 25.3 Å².